The molecule has 21 heavy (non-hydrogen) atoms. The number of unbranched alkanes of at least 4 members (excludes halogenated alkanes) is 3. The highest BCUT2D eigenvalue weighted by atomic mass is 14.5. The Balaban J connectivity index is 1.85. The SMILES string of the molecule is CCCCCCC1CCC2(C#N)CC(CCC)CCC2C1. The Labute approximate surface area is 132 Å². The molecule has 2 fully saturated rings. The summed E-state index contributed by atoms with van der Waals surface area (Å²) >= 11 is 0. The summed E-state index contributed by atoms with van der Waals surface area (Å²) in [6.07, 6.45) is 17.5. The first-order valence-electron chi connectivity index (χ1n) is 9.65. The van der Waals surface area contributed by atoms with Crippen molar-refractivity contribution in [3.63, 3.8) is 0 Å². The number of nitrogens with zero attached hydrogens (tertiary/aromatic N) is 1. The van der Waals surface area contributed by atoms with Crippen molar-refractivity contribution in [1.29, 1.82) is 5.26 Å². The minimum atomic E-state index is 0.0675. The molecule has 0 heterocycles. The van der Waals surface area contributed by atoms with Gasteiger partial charge in [0.25, 0.3) is 0 Å². The Morgan fingerprint density at radius 3 is 2.52 bits per heavy atom. The molecule has 0 amide bonds. The molecule has 120 valence electrons. The van der Waals surface area contributed by atoms with Gasteiger partial charge >= 0.3 is 0 Å². The lowest BCUT2D eigenvalue weighted by Gasteiger charge is -2.48. The van der Waals surface area contributed by atoms with E-state index in [1.807, 2.05) is 0 Å². The van der Waals surface area contributed by atoms with Crippen LogP contribution in [-0.4, -0.2) is 0 Å². The predicted molar refractivity (Wildman–Crippen MR) is 89.9 cm³/mol. The zero-order valence-corrected chi connectivity index (χ0v) is 14.4. The third kappa shape index (κ3) is 4.24. The Bertz CT molecular complexity index is 342. The molecule has 4 atom stereocenters. The summed E-state index contributed by atoms with van der Waals surface area (Å²) < 4.78 is 0. The predicted octanol–water partition coefficient (Wildman–Crippen LogP) is 6.48. The van der Waals surface area contributed by atoms with E-state index in [0.29, 0.717) is 0 Å². The minimum Gasteiger partial charge on any atom is -0.198 e. The maximum absolute atomic E-state index is 9.85. The van der Waals surface area contributed by atoms with E-state index in [9.17, 15) is 5.26 Å². The summed E-state index contributed by atoms with van der Waals surface area (Å²) in [7, 11) is 0. The number of fused-ring (bicyclic) bond motifs is 1. The summed E-state index contributed by atoms with van der Waals surface area (Å²) in [6, 6.07) is 2.80. The fraction of sp³-hybridized carbons (Fsp3) is 0.950. The second-order valence-corrected chi connectivity index (χ2v) is 7.89. The molecule has 0 N–H and O–H groups in total. The van der Waals surface area contributed by atoms with Crippen LogP contribution in [-0.2, 0) is 0 Å². The van der Waals surface area contributed by atoms with Crippen molar-refractivity contribution in [1.82, 2.24) is 0 Å². The van der Waals surface area contributed by atoms with Gasteiger partial charge in [0.2, 0.25) is 0 Å². The molecule has 0 saturated heterocycles. The molecule has 0 aliphatic heterocycles. The van der Waals surface area contributed by atoms with E-state index in [1.165, 1.54) is 83.5 Å². The largest absolute Gasteiger partial charge is 0.198 e. The van der Waals surface area contributed by atoms with Gasteiger partial charge in [0.1, 0.15) is 0 Å². The molecule has 0 spiro atoms. The molecule has 0 aromatic rings. The van der Waals surface area contributed by atoms with Crippen molar-refractivity contribution < 1.29 is 0 Å². The molecule has 0 radical (unpaired) electrons. The molecular weight excluding hydrogens is 254 g/mol. The average molecular weight is 290 g/mol. The second kappa shape index (κ2) is 8.21. The summed E-state index contributed by atoms with van der Waals surface area (Å²) in [6.45, 7) is 4.58. The zero-order chi connectivity index (χ0) is 15.1. The van der Waals surface area contributed by atoms with Crippen LogP contribution in [0.1, 0.15) is 97.3 Å². The lowest BCUT2D eigenvalue weighted by molar-refractivity contribution is 0.0371. The van der Waals surface area contributed by atoms with Gasteiger partial charge in [-0.25, -0.2) is 0 Å². The molecule has 0 aromatic carbocycles. The number of rotatable bonds is 7. The van der Waals surface area contributed by atoms with Gasteiger partial charge in [0.15, 0.2) is 0 Å². The third-order valence-electron chi connectivity index (χ3n) is 6.36. The van der Waals surface area contributed by atoms with Gasteiger partial charge in [0.05, 0.1) is 11.5 Å². The molecule has 0 bridgehead atoms. The van der Waals surface area contributed by atoms with Gasteiger partial charge in [-0.05, 0) is 49.9 Å². The number of hydrogen-bond donors (Lipinski definition) is 0. The molecule has 1 nitrogen and oxygen atoms in total. The van der Waals surface area contributed by atoms with Crippen LogP contribution in [0.3, 0.4) is 0 Å². The van der Waals surface area contributed by atoms with E-state index >= 15 is 0 Å². The highest BCUT2D eigenvalue weighted by molar-refractivity contribution is 5.08. The Hall–Kier alpha value is -0.510. The molecule has 2 rings (SSSR count). The number of nitriles is 1. The van der Waals surface area contributed by atoms with Crippen molar-refractivity contribution in [2.24, 2.45) is 23.2 Å². The normalized spacial score (nSPS) is 36.0. The van der Waals surface area contributed by atoms with Gasteiger partial charge in [-0.3, -0.25) is 0 Å². The van der Waals surface area contributed by atoms with Crippen molar-refractivity contribution in [2.45, 2.75) is 97.3 Å². The topological polar surface area (TPSA) is 23.8 Å². The van der Waals surface area contributed by atoms with E-state index in [1.54, 1.807) is 0 Å². The van der Waals surface area contributed by atoms with Gasteiger partial charge in [-0.15, -0.1) is 0 Å². The molecule has 4 unspecified atom stereocenters. The fourth-order valence-corrected chi connectivity index (χ4v) is 5.10. The summed E-state index contributed by atoms with van der Waals surface area (Å²) in [5.74, 6) is 2.49. The van der Waals surface area contributed by atoms with Crippen LogP contribution < -0.4 is 0 Å². The maximum atomic E-state index is 9.85. The quantitative estimate of drug-likeness (QED) is 0.492. The zero-order valence-electron chi connectivity index (χ0n) is 14.4. The van der Waals surface area contributed by atoms with Crippen molar-refractivity contribution >= 4 is 0 Å². The van der Waals surface area contributed by atoms with E-state index in [4.69, 9.17) is 0 Å². The van der Waals surface area contributed by atoms with Crippen LogP contribution in [0.25, 0.3) is 0 Å². The van der Waals surface area contributed by atoms with Crippen LogP contribution in [0, 0.1) is 34.5 Å². The van der Waals surface area contributed by atoms with Gasteiger partial charge < -0.3 is 0 Å². The maximum Gasteiger partial charge on any atom is 0.0692 e. The summed E-state index contributed by atoms with van der Waals surface area (Å²) in [4.78, 5) is 0. The number of hydrogen-bond acceptors (Lipinski definition) is 1. The van der Waals surface area contributed by atoms with Crippen LogP contribution in [0.5, 0.6) is 0 Å². The first-order valence-corrected chi connectivity index (χ1v) is 9.65. The monoisotopic (exact) mass is 289 g/mol. The van der Waals surface area contributed by atoms with E-state index in [2.05, 4.69) is 19.9 Å². The fourth-order valence-electron chi connectivity index (χ4n) is 5.10. The standard InChI is InChI=1S/C20H35N/c1-3-5-6-7-9-17-12-13-20(16-21)15-18(8-4-2)10-11-19(20)14-17/h17-19H,3-15H2,1-2H3. The van der Waals surface area contributed by atoms with Crippen molar-refractivity contribution in [3.8, 4) is 6.07 Å². The van der Waals surface area contributed by atoms with Gasteiger partial charge in [-0.2, -0.15) is 5.26 Å². The van der Waals surface area contributed by atoms with Gasteiger partial charge in [-0.1, -0.05) is 65.2 Å². The molecule has 2 saturated carbocycles. The smallest absolute Gasteiger partial charge is 0.0692 e. The second-order valence-electron chi connectivity index (χ2n) is 7.89. The molecular formula is C20H35N. The van der Waals surface area contributed by atoms with Crippen LogP contribution >= 0.6 is 0 Å². The Morgan fingerprint density at radius 2 is 1.81 bits per heavy atom. The Morgan fingerprint density at radius 1 is 0.952 bits per heavy atom. The van der Waals surface area contributed by atoms with E-state index in [-0.39, 0.29) is 5.41 Å². The molecule has 1 heteroatoms. The van der Waals surface area contributed by atoms with Crippen molar-refractivity contribution in [3.05, 3.63) is 0 Å². The van der Waals surface area contributed by atoms with Crippen molar-refractivity contribution in [2.75, 3.05) is 0 Å². The molecule has 2 aliphatic rings. The molecule has 0 aromatic heterocycles. The molecule has 2 aliphatic carbocycles. The first-order chi connectivity index (χ1) is 10.2. The lowest BCUT2D eigenvalue weighted by atomic mass is 9.55. The highest BCUT2D eigenvalue weighted by Crippen LogP contribution is 2.54. The van der Waals surface area contributed by atoms with Crippen LogP contribution in [0.2, 0.25) is 0 Å². The lowest BCUT2D eigenvalue weighted by Crippen LogP contribution is -2.40. The van der Waals surface area contributed by atoms with Crippen LogP contribution in [0.4, 0.5) is 0 Å². The first kappa shape index (κ1) is 16.9. The Kier molecular flexibility index (Phi) is 6.59. The summed E-state index contributed by atoms with van der Waals surface area (Å²) in [5.41, 5.74) is 0.0675. The highest BCUT2D eigenvalue weighted by Gasteiger charge is 2.47. The summed E-state index contributed by atoms with van der Waals surface area (Å²) in [5, 5.41) is 9.85. The minimum absolute atomic E-state index is 0.0675. The van der Waals surface area contributed by atoms with E-state index < -0.39 is 0 Å². The van der Waals surface area contributed by atoms with Gasteiger partial charge in [0, 0.05) is 0 Å². The van der Waals surface area contributed by atoms with Crippen LogP contribution in [0.15, 0.2) is 0 Å². The third-order valence-corrected chi connectivity index (χ3v) is 6.36. The average Bonchev–Trinajstić information content (AvgIpc) is 2.52. The van der Waals surface area contributed by atoms with E-state index in [0.717, 1.165) is 17.8 Å².